The lowest BCUT2D eigenvalue weighted by atomic mass is 9.99. The lowest BCUT2D eigenvalue weighted by Gasteiger charge is -2.27. The van der Waals surface area contributed by atoms with Gasteiger partial charge in [0.15, 0.2) is 0 Å². The zero-order valence-corrected chi connectivity index (χ0v) is 9.12. The standard InChI is InChI=1S/C13H15FN2/c14-12-2-1-11-4-6-16(13(11)7-12)5-3-10-8-15-9-10/h1-2,4,6-7,10,15H,3,5,8-9H2. The van der Waals surface area contributed by atoms with Gasteiger partial charge in [-0.1, -0.05) is 0 Å². The number of benzene rings is 1. The lowest BCUT2D eigenvalue weighted by Crippen LogP contribution is -2.42. The van der Waals surface area contributed by atoms with Crippen molar-refractivity contribution in [1.29, 1.82) is 0 Å². The fourth-order valence-corrected chi connectivity index (χ4v) is 2.23. The fraction of sp³-hybridized carbons (Fsp3) is 0.385. The van der Waals surface area contributed by atoms with Gasteiger partial charge in [0.05, 0.1) is 5.52 Å². The predicted octanol–water partition coefficient (Wildman–Crippen LogP) is 2.39. The minimum Gasteiger partial charge on any atom is -0.347 e. The lowest BCUT2D eigenvalue weighted by molar-refractivity contribution is 0.313. The van der Waals surface area contributed by atoms with Crippen LogP contribution in [0.25, 0.3) is 10.9 Å². The first-order valence-corrected chi connectivity index (χ1v) is 5.78. The van der Waals surface area contributed by atoms with Crippen molar-refractivity contribution in [2.45, 2.75) is 13.0 Å². The van der Waals surface area contributed by atoms with E-state index in [1.54, 1.807) is 6.07 Å². The average Bonchev–Trinajstić information content (AvgIpc) is 2.59. The van der Waals surface area contributed by atoms with Gasteiger partial charge < -0.3 is 9.88 Å². The van der Waals surface area contributed by atoms with E-state index in [1.165, 1.54) is 12.5 Å². The number of aryl methyl sites for hydroxylation is 1. The number of aromatic nitrogens is 1. The second kappa shape index (κ2) is 3.91. The molecule has 0 spiro atoms. The Morgan fingerprint density at radius 2 is 2.19 bits per heavy atom. The quantitative estimate of drug-likeness (QED) is 0.837. The molecule has 1 N–H and O–H groups in total. The van der Waals surface area contributed by atoms with Crippen molar-refractivity contribution in [2.75, 3.05) is 13.1 Å². The first-order chi connectivity index (χ1) is 7.83. The van der Waals surface area contributed by atoms with Gasteiger partial charge in [-0.15, -0.1) is 0 Å². The third kappa shape index (κ3) is 1.71. The molecule has 1 aliphatic rings. The van der Waals surface area contributed by atoms with Crippen molar-refractivity contribution >= 4 is 10.9 Å². The van der Waals surface area contributed by atoms with Gasteiger partial charge in [0.2, 0.25) is 0 Å². The Bertz CT molecular complexity index is 500. The van der Waals surface area contributed by atoms with Gasteiger partial charge in [0.1, 0.15) is 5.82 Å². The molecule has 1 saturated heterocycles. The van der Waals surface area contributed by atoms with E-state index in [0.717, 1.165) is 36.5 Å². The van der Waals surface area contributed by atoms with Crippen LogP contribution >= 0.6 is 0 Å². The maximum Gasteiger partial charge on any atom is 0.125 e. The molecule has 1 aromatic heterocycles. The van der Waals surface area contributed by atoms with Crippen LogP contribution in [0, 0.1) is 11.7 Å². The summed E-state index contributed by atoms with van der Waals surface area (Å²) in [5, 5.41) is 4.39. The van der Waals surface area contributed by atoms with Crippen LogP contribution in [0.3, 0.4) is 0 Å². The van der Waals surface area contributed by atoms with Crippen molar-refractivity contribution in [1.82, 2.24) is 9.88 Å². The van der Waals surface area contributed by atoms with Crippen LogP contribution in [0.1, 0.15) is 6.42 Å². The van der Waals surface area contributed by atoms with E-state index in [4.69, 9.17) is 0 Å². The van der Waals surface area contributed by atoms with Crippen LogP contribution in [-0.2, 0) is 6.54 Å². The minimum atomic E-state index is -0.155. The average molecular weight is 218 g/mol. The van der Waals surface area contributed by atoms with E-state index < -0.39 is 0 Å². The van der Waals surface area contributed by atoms with Gasteiger partial charge in [-0.25, -0.2) is 4.39 Å². The van der Waals surface area contributed by atoms with Crippen molar-refractivity contribution in [3.8, 4) is 0 Å². The summed E-state index contributed by atoms with van der Waals surface area (Å²) in [7, 11) is 0. The third-order valence-electron chi connectivity index (χ3n) is 3.38. The first kappa shape index (κ1) is 9.85. The molecular formula is C13H15FN2. The molecule has 1 aromatic carbocycles. The highest BCUT2D eigenvalue weighted by molar-refractivity contribution is 5.80. The third-order valence-corrected chi connectivity index (χ3v) is 3.38. The Morgan fingerprint density at radius 1 is 1.31 bits per heavy atom. The number of nitrogens with zero attached hydrogens (tertiary/aromatic N) is 1. The highest BCUT2D eigenvalue weighted by Crippen LogP contribution is 2.19. The largest absolute Gasteiger partial charge is 0.347 e. The van der Waals surface area contributed by atoms with Crippen LogP contribution < -0.4 is 5.32 Å². The Hall–Kier alpha value is -1.35. The zero-order chi connectivity index (χ0) is 11.0. The molecule has 0 atom stereocenters. The summed E-state index contributed by atoms with van der Waals surface area (Å²) in [6.07, 6.45) is 3.23. The zero-order valence-electron chi connectivity index (χ0n) is 9.12. The van der Waals surface area contributed by atoms with Crippen LogP contribution in [0.2, 0.25) is 0 Å². The van der Waals surface area contributed by atoms with E-state index in [9.17, 15) is 4.39 Å². The monoisotopic (exact) mass is 218 g/mol. The molecule has 0 amide bonds. The smallest absolute Gasteiger partial charge is 0.125 e. The van der Waals surface area contributed by atoms with E-state index in [-0.39, 0.29) is 5.82 Å². The number of hydrogen-bond acceptors (Lipinski definition) is 1. The molecule has 0 radical (unpaired) electrons. The molecule has 2 aromatic rings. The van der Waals surface area contributed by atoms with Crippen molar-refractivity contribution in [3.63, 3.8) is 0 Å². The van der Waals surface area contributed by atoms with Crippen LogP contribution in [0.5, 0.6) is 0 Å². The fourth-order valence-electron chi connectivity index (χ4n) is 2.23. The summed E-state index contributed by atoms with van der Waals surface area (Å²) < 4.78 is 15.3. The molecule has 1 fully saturated rings. The topological polar surface area (TPSA) is 17.0 Å². The molecular weight excluding hydrogens is 203 g/mol. The van der Waals surface area contributed by atoms with E-state index in [0.29, 0.717) is 0 Å². The number of rotatable bonds is 3. The Morgan fingerprint density at radius 3 is 2.94 bits per heavy atom. The summed E-state index contributed by atoms with van der Waals surface area (Å²) in [4.78, 5) is 0. The molecule has 0 saturated carbocycles. The van der Waals surface area contributed by atoms with Crippen LogP contribution in [-0.4, -0.2) is 17.7 Å². The van der Waals surface area contributed by atoms with Gasteiger partial charge in [0, 0.05) is 12.7 Å². The highest BCUT2D eigenvalue weighted by Gasteiger charge is 2.16. The molecule has 84 valence electrons. The van der Waals surface area contributed by atoms with Crippen molar-refractivity contribution in [2.24, 2.45) is 5.92 Å². The first-order valence-electron chi connectivity index (χ1n) is 5.78. The molecule has 2 heterocycles. The SMILES string of the molecule is Fc1ccc2ccn(CCC3CNC3)c2c1. The Balaban J connectivity index is 1.82. The maximum atomic E-state index is 13.1. The van der Waals surface area contributed by atoms with Gasteiger partial charge >= 0.3 is 0 Å². The number of nitrogens with one attached hydrogen (secondary N) is 1. The summed E-state index contributed by atoms with van der Waals surface area (Å²) in [6.45, 7) is 3.25. The minimum absolute atomic E-state index is 0.155. The highest BCUT2D eigenvalue weighted by atomic mass is 19.1. The predicted molar refractivity (Wildman–Crippen MR) is 62.9 cm³/mol. The van der Waals surface area contributed by atoms with Crippen molar-refractivity contribution < 1.29 is 4.39 Å². The second-order valence-corrected chi connectivity index (χ2v) is 4.53. The molecule has 1 aliphatic heterocycles. The molecule has 3 rings (SSSR count). The second-order valence-electron chi connectivity index (χ2n) is 4.53. The van der Waals surface area contributed by atoms with Gasteiger partial charge in [-0.3, -0.25) is 0 Å². The molecule has 0 bridgehead atoms. The Labute approximate surface area is 94.1 Å². The van der Waals surface area contributed by atoms with Gasteiger partial charge in [-0.05, 0) is 55.1 Å². The number of fused-ring (bicyclic) bond motifs is 1. The number of hydrogen-bond donors (Lipinski definition) is 1. The summed E-state index contributed by atoms with van der Waals surface area (Å²) in [6, 6.07) is 7.02. The van der Waals surface area contributed by atoms with E-state index >= 15 is 0 Å². The van der Waals surface area contributed by atoms with E-state index in [1.807, 2.05) is 12.1 Å². The Kier molecular flexibility index (Phi) is 2.40. The normalized spacial score (nSPS) is 16.6. The van der Waals surface area contributed by atoms with Gasteiger partial charge in [-0.2, -0.15) is 0 Å². The van der Waals surface area contributed by atoms with Crippen molar-refractivity contribution in [3.05, 3.63) is 36.3 Å². The molecule has 16 heavy (non-hydrogen) atoms. The molecule has 3 heteroatoms. The van der Waals surface area contributed by atoms with Crippen LogP contribution in [0.4, 0.5) is 4.39 Å². The summed E-state index contributed by atoms with van der Waals surface area (Å²) in [5.74, 6) is 0.642. The van der Waals surface area contributed by atoms with Crippen LogP contribution in [0.15, 0.2) is 30.5 Å². The van der Waals surface area contributed by atoms with E-state index in [2.05, 4.69) is 16.1 Å². The molecule has 2 nitrogen and oxygen atoms in total. The van der Waals surface area contributed by atoms with Gasteiger partial charge in [0.25, 0.3) is 0 Å². The number of halogens is 1. The molecule has 0 unspecified atom stereocenters. The summed E-state index contributed by atoms with van der Waals surface area (Å²) in [5.41, 5.74) is 1.01. The summed E-state index contributed by atoms with van der Waals surface area (Å²) >= 11 is 0. The maximum absolute atomic E-state index is 13.1. The molecule has 0 aliphatic carbocycles.